The maximum absolute atomic E-state index is 5.79. The van der Waals surface area contributed by atoms with E-state index in [2.05, 4.69) is 35.9 Å². The van der Waals surface area contributed by atoms with Gasteiger partial charge in [0.1, 0.15) is 6.54 Å². The summed E-state index contributed by atoms with van der Waals surface area (Å²) in [6, 6.07) is 8.52. The minimum atomic E-state index is 0. The van der Waals surface area contributed by atoms with E-state index < -0.39 is 0 Å². The quantitative estimate of drug-likeness (QED) is 0.599. The maximum Gasteiger partial charge on any atom is 0.231 e. The van der Waals surface area contributed by atoms with E-state index in [1.165, 1.54) is 27.8 Å². The van der Waals surface area contributed by atoms with Crippen LogP contribution in [0.4, 0.5) is 0 Å². The van der Waals surface area contributed by atoms with Gasteiger partial charge in [0.15, 0.2) is 29.2 Å². The van der Waals surface area contributed by atoms with Gasteiger partial charge in [-0.1, -0.05) is 6.92 Å². The summed E-state index contributed by atoms with van der Waals surface area (Å²) in [5, 5.41) is 2.39. The highest BCUT2D eigenvalue weighted by Crippen LogP contribution is 2.45. The fraction of sp³-hybridized carbons (Fsp3) is 0.318. The van der Waals surface area contributed by atoms with Gasteiger partial charge >= 0.3 is 0 Å². The van der Waals surface area contributed by atoms with Crippen LogP contribution >= 0.6 is 0 Å². The standard InChI is InChI=1S/C22H20NO4.ClH/c1-2-7-23-10-17-14(5-6-18-22(17)27-12-24-18)15-4-3-13-8-19-20(26-11-25-19)9-16(13)21(15)23;/h5-6,8-10H,2-4,7,11-12H2,1H3;1H/q+1;/p-1. The molecule has 0 bridgehead atoms. The normalized spacial score (nSPS) is 15.2. The van der Waals surface area contributed by atoms with Crippen LogP contribution in [0.1, 0.15) is 24.5 Å². The molecular formula is C22H20ClNO4. The molecule has 6 rings (SSSR count). The van der Waals surface area contributed by atoms with Gasteiger partial charge < -0.3 is 31.4 Å². The Kier molecular flexibility index (Phi) is 4.02. The zero-order chi connectivity index (χ0) is 18.0. The van der Waals surface area contributed by atoms with E-state index in [1.54, 1.807) is 0 Å². The zero-order valence-corrected chi connectivity index (χ0v) is 16.3. The molecule has 0 N–H and O–H groups in total. The van der Waals surface area contributed by atoms with Gasteiger partial charge in [-0.3, -0.25) is 0 Å². The molecule has 0 unspecified atom stereocenters. The summed E-state index contributed by atoms with van der Waals surface area (Å²) in [4.78, 5) is 0. The van der Waals surface area contributed by atoms with Crippen molar-refractivity contribution >= 4 is 10.8 Å². The Morgan fingerprint density at radius 3 is 2.54 bits per heavy atom. The molecule has 6 heteroatoms. The number of pyridine rings is 1. The lowest BCUT2D eigenvalue weighted by molar-refractivity contribution is -0.685. The van der Waals surface area contributed by atoms with Crippen LogP contribution in [0, 0.1) is 0 Å². The molecule has 0 saturated heterocycles. The third kappa shape index (κ3) is 2.35. The van der Waals surface area contributed by atoms with E-state index in [0.29, 0.717) is 13.6 Å². The first-order valence-electron chi connectivity index (χ1n) is 9.54. The largest absolute Gasteiger partial charge is 1.00 e. The highest BCUT2D eigenvalue weighted by molar-refractivity contribution is 5.95. The summed E-state index contributed by atoms with van der Waals surface area (Å²) in [6.07, 6.45) is 5.29. The fourth-order valence-electron chi connectivity index (χ4n) is 4.57. The first kappa shape index (κ1) is 17.4. The second-order valence-corrected chi connectivity index (χ2v) is 7.27. The molecule has 0 saturated carbocycles. The van der Waals surface area contributed by atoms with Gasteiger partial charge in [-0.05, 0) is 42.7 Å². The van der Waals surface area contributed by atoms with Gasteiger partial charge in [0.2, 0.25) is 19.3 Å². The molecule has 0 amide bonds. The number of benzene rings is 2. The molecule has 3 aliphatic rings. The van der Waals surface area contributed by atoms with Gasteiger partial charge in [-0.2, -0.15) is 4.57 Å². The number of ether oxygens (including phenoxy) is 4. The van der Waals surface area contributed by atoms with Crippen LogP contribution in [0.2, 0.25) is 0 Å². The molecule has 5 nitrogen and oxygen atoms in total. The van der Waals surface area contributed by atoms with Crippen molar-refractivity contribution in [1.82, 2.24) is 0 Å². The predicted octanol–water partition coefficient (Wildman–Crippen LogP) is 0.764. The van der Waals surface area contributed by atoms with Gasteiger partial charge in [-0.15, -0.1) is 0 Å². The van der Waals surface area contributed by atoms with Crippen molar-refractivity contribution in [2.75, 3.05) is 13.6 Å². The van der Waals surface area contributed by atoms with E-state index in [-0.39, 0.29) is 12.4 Å². The molecule has 3 aromatic rings. The van der Waals surface area contributed by atoms with Crippen LogP contribution in [0.15, 0.2) is 30.5 Å². The van der Waals surface area contributed by atoms with E-state index in [9.17, 15) is 0 Å². The van der Waals surface area contributed by atoms with Gasteiger partial charge in [0.25, 0.3) is 0 Å². The third-order valence-electron chi connectivity index (χ3n) is 5.72. The molecule has 0 radical (unpaired) electrons. The first-order chi connectivity index (χ1) is 13.3. The fourth-order valence-corrected chi connectivity index (χ4v) is 4.57. The first-order valence-corrected chi connectivity index (χ1v) is 9.54. The topological polar surface area (TPSA) is 40.8 Å². The van der Waals surface area contributed by atoms with Crippen molar-refractivity contribution < 1.29 is 35.9 Å². The molecular weight excluding hydrogens is 378 g/mol. The highest BCUT2D eigenvalue weighted by Gasteiger charge is 2.32. The van der Waals surface area contributed by atoms with Crippen LogP contribution in [-0.2, 0) is 19.4 Å². The SMILES string of the molecule is CCC[n+]1cc2c3c(ccc2c2c1-c1cc4c(cc1CC2)OCO4)OCO3.[Cl-]. The molecule has 144 valence electrons. The molecule has 2 aromatic carbocycles. The van der Waals surface area contributed by atoms with Gasteiger partial charge in [0.05, 0.1) is 10.9 Å². The van der Waals surface area contributed by atoms with Crippen molar-refractivity contribution in [2.24, 2.45) is 0 Å². The van der Waals surface area contributed by atoms with Gasteiger partial charge in [-0.25, -0.2) is 0 Å². The number of nitrogens with zero attached hydrogens (tertiary/aromatic N) is 1. The number of hydrogen-bond donors (Lipinski definition) is 0. The van der Waals surface area contributed by atoms with Crippen LogP contribution in [0.3, 0.4) is 0 Å². The summed E-state index contributed by atoms with van der Waals surface area (Å²) in [5.41, 5.74) is 5.26. The van der Waals surface area contributed by atoms with E-state index in [4.69, 9.17) is 18.9 Å². The molecule has 0 atom stereocenters. The third-order valence-corrected chi connectivity index (χ3v) is 5.72. The lowest BCUT2D eigenvalue weighted by Gasteiger charge is -2.20. The zero-order valence-electron chi connectivity index (χ0n) is 15.6. The Hall–Kier alpha value is -2.66. The molecule has 3 heterocycles. The van der Waals surface area contributed by atoms with Crippen molar-refractivity contribution in [3.63, 3.8) is 0 Å². The molecule has 0 spiro atoms. The Bertz CT molecular complexity index is 1110. The van der Waals surface area contributed by atoms with E-state index >= 15 is 0 Å². The second kappa shape index (κ2) is 6.45. The van der Waals surface area contributed by atoms with Crippen molar-refractivity contribution in [1.29, 1.82) is 0 Å². The number of hydrogen-bond acceptors (Lipinski definition) is 4. The number of halogens is 1. The van der Waals surface area contributed by atoms with Gasteiger partial charge in [0, 0.05) is 17.4 Å². The molecule has 2 aliphatic heterocycles. The summed E-state index contributed by atoms with van der Waals surface area (Å²) < 4.78 is 25.0. The predicted molar refractivity (Wildman–Crippen MR) is 99.5 cm³/mol. The number of aromatic nitrogens is 1. The number of aryl methyl sites for hydroxylation is 3. The minimum Gasteiger partial charge on any atom is -1.00 e. The summed E-state index contributed by atoms with van der Waals surface area (Å²) in [6.45, 7) is 3.77. The summed E-state index contributed by atoms with van der Waals surface area (Å²) in [7, 11) is 0. The van der Waals surface area contributed by atoms with Crippen LogP contribution in [0.25, 0.3) is 22.0 Å². The van der Waals surface area contributed by atoms with E-state index in [0.717, 1.165) is 54.2 Å². The lowest BCUT2D eigenvalue weighted by atomic mass is 9.85. The second-order valence-electron chi connectivity index (χ2n) is 7.27. The molecule has 0 fully saturated rings. The van der Waals surface area contributed by atoms with Crippen molar-refractivity contribution in [3.8, 4) is 34.3 Å². The molecule has 28 heavy (non-hydrogen) atoms. The smallest absolute Gasteiger partial charge is 0.231 e. The van der Waals surface area contributed by atoms with Crippen molar-refractivity contribution in [3.05, 3.63) is 41.6 Å². The van der Waals surface area contributed by atoms with Crippen LogP contribution in [-0.4, -0.2) is 13.6 Å². The van der Waals surface area contributed by atoms with Crippen LogP contribution < -0.4 is 35.9 Å². The number of rotatable bonds is 2. The van der Waals surface area contributed by atoms with Crippen molar-refractivity contribution in [2.45, 2.75) is 32.7 Å². The minimum absolute atomic E-state index is 0. The molecule has 1 aromatic heterocycles. The maximum atomic E-state index is 5.79. The Labute approximate surface area is 169 Å². The average Bonchev–Trinajstić information content (AvgIpc) is 3.34. The Morgan fingerprint density at radius 1 is 0.893 bits per heavy atom. The molecule has 1 aliphatic carbocycles. The Balaban J connectivity index is 0.00000171. The Morgan fingerprint density at radius 2 is 1.68 bits per heavy atom. The monoisotopic (exact) mass is 397 g/mol. The highest BCUT2D eigenvalue weighted by atomic mass is 35.5. The van der Waals surface area contributed by atoms with Crippen LogP contribution in [0.5, 0.6) is 23.0 Å². The van der Waals surface area contributed by atoms with E-state index in [1.807, 2.05) is 6.07 Å². The summed E-state index contributed by atoms with van der Waals surface area (Å²) >= 11 is 0. The number of fused-ring (bicyclic) bond motifs is 8. The summed E-state index contributed by atoms with van der Waals surface area (Å²) in [5.74, 6) is 3.42. The lowest BCUT2D eigenvalue weighted by Crippen LogP contribution is -3.00. The average molecular weight is 398 g/mol.